The van der Waals surface area contributed by atoms with Gasteiger partial charge in [-0.2, -0.15) is 0 Å². The van der Waals surface area contributed by atoms with Crippen molar-refractivity contribution in [3.8, 4) is 0 Å². The first-order valence-electron chi connectivity index (χ1n) is 5.09. The molecule has 0 radical (unpaired) electrons. The summed E-state index contributed by atoms with van der Waals surface area (Å²) < 4.78 is 31.8. The molecule has 0 spiro atoms. The highest BCUT2D eigenvalue weighted by molar-refractivity contribution is 9.08. The van der Waals surface area contributed by atoms with Crippen LogP contribution in [-0.2, 0) is 10.1 Å². The second-order valence-electron chi connectivity index (χ2n) is 3.63. The quantitative estimate of drug-likeness (QED) is 0.777. The van der Waals surface area contributed by atoms with Crippen molar-refractivity contribution in [2.45, 2.75) is 5.33 Å². The lowest BCUT2D eigenvalue weighted by molar-refractivity contribution is 0.122. The topological polar surface area (TPSA) is 12.5 Å². The number of nitrogens with zero attached hydrogens (tertiary/aromatic N) is 1. The maximum atomic E-state index is 13.3. The third kappa shape index (κ3) is 2.35. The lowest BCUT2D eigenvalue weighted by Crippen LogP contribution is -2.36. The number of hydrogen-bond acceptors (Lipinski definition) is 2. The van der Waals surface area contributed by atoms with E-state index in [-0.39, 0.29) is 0 Å². The van der Waals surface area contributed by atoms with Crippen LogP contribution in [0.15, 0.2) is 12.1 Å². The molecular weight excluding hydrogens is 280 g/mol. The summed E-state index contributed by atoms with van der Waals surface area (Å²) in [7, 11) is 0. The maximum absolute atomic E-state index is 13.3. The van der Waals surface area contributed by atoms with Gasteiger partial charge in [0.05, 0.1) is 13.2 Å². The molecule has 1 fully saturated rings. The molecule has 0 N–H and O–H groups in total. The lowest BCUT2D eigenvalue weighted by Gasteiger charge is -2.29. The van der Waals surface area contributed by atoms with Gasteiger partial charge in [-0.1, -0.05) is 15.9 Å². The number of halogens is 3. The van der Waals surface area contributed by atoms with Crippen LogP contribution < -0.4 is 4.90 Å². The molecule has 2 nitrogen and oxygen atoms in total. The molecule has 1 heterocycles. The van der Waals surface area contributed by atoms with E-state index in [0.717, 1.165) is 5.69 Å². The van der Waals surface area contributed by atoms with Gasteiger partial charge in [0, 0.05) is 35.7 Å². The van der Waals surface area contributed by atoms with Crippen LogP contribution in [0.2, 0.25) is 0 Å². The molecule has 1 aliphatic rings. The highest BCUT2D eigenvalue weighted by Gasteiger charge is 2.16. The third-order valence-electron chi connectivity index (χ3n) is 2.61. The standard InChI is InChI=1S/C11H12BrF2NO/c12-7-8-5-9(6-10(13)11(8)14)15-1-3-16-4-2-15/h5-6H,1-4,7H2. The summed E-state index contributed by atoms with van der Waals surface area (Å²) in [5.74, 6) is -1.56. The maximum Gasteiger partial charge on any atom is 0.163 e. The normalized spacial score (nSPS) is 16.6. The van der Waals surface area contributed by atoms with E-state index in [1.54, 1.807) is 6.07 Å². The number of hydrogen-bond donors (Lipinski definition) is 0. The summed E-state index contributed by atoms with van der Waals surface area (Å²) in [6.07, 6.45) is 0. The Kier molecular flexibility index (Phi) is 3.76. The van der Waals surface area contributed by atoms with E-state index < -0.39 is 11.6 Å². The Morgan fingerprint density at radius 2 is 1.94 bits per heavy atom. The number of morpholine rings is 1. The minimum atomic E-state index is -0.793. The van der Waals surface area contributed by atoms with Crippen molar-refractivity contribution in [3.63, 3.8) is 0 Å². The van der Waals surface area contributed by atoms with Gasteiger partial charge in [0.2, 0.25) is 0 Å². The fourth-order valence-electron chi connectivity index (χ4n) is 1.73. The highest BCUT2D eigenvalue weighted by Crippen LogP contribution is 2.24. The zero-order valence-corrected chi connectivity index (χ0v) is 10.3. The van der Waals surface area contributed by atoms with Crippen molar-refractivity contribution in [1.29, 1.82) is 0 Å². The Hall–Kier alpha value is -0.680. The summed E-state index contributed by atoms with van der Waals surface area (Å²) in [5, 5.41) is 0.313. The number of ether oxygens (including phenoxy) is 1. The Morgan fingerprint density at radius 1 is 1.25 bits per heavy atom. The second-order valence-corrected chi connectivity index (χ2v) is 4.19. The molecule has 1 saturated heterocycles. The number of rotatable bonds is 2. The van der Waals surface area contributed by atoms with Gasteiger partial charge in [-0.3, -0.25) is 0 Å². The molecule has 0 saturated carbocycles. The largest absolute Gasteiger partial charge is 0.378 e. The molecule has 0 aromatic heterocycles. The predicted octanol–water partition coefficient (Wildman–Crippen LogP) is 2.70. The smallest absolute Gasteiger partial charge is 0.163 e. The van der Waals surface area contributed by atoms with Crippen LogP contribution in [0.3, 0.4) is 0 Å². The number of alkyl halides is 1. The van der Waals surface area contributed by atoms with Crippen LogP contribution in [0.1, 0.15) is 5.56 Å². The first-order valence-corrected chi connectivity index (χ1v) is 6.21. The molecule has 0 bridgehead atoms. The summed E-state index contributed by atoms with van der Waals surface area (Å²) in [5.41, 5.74) is 1.07. The molecule has 0 aliphatic carbocycles. The molecule has 16 heavy (non-hydrogen) atoms. The first-order chi connectivity index (χ1) is 7.72. The summed E-state index contributed by atoms with van der Waals surface area (Å²) in [6, 6.07) is 2.92. The van der Waals surface area contributed by atoms with Crippen molar-refractivity contribution in [3.05, 3.63) is 29.3 Å². The van der Waals surface area contributed by atoms with Gasteiger partial charge in [-0.15, -0.1) is 0 Å². The van der Waals surface area contributed by atoms with Gasteiger partial charge in [-0.25, -0.2) is 8.78 Å². The molecule has 1 aromatic carbocycles. The summed E-state index contributed by atoms with van der Waals surface area (Å²) in [4.78, 5) is 2.00. The average molecular weight is 292 g/mol. The molecule has 5 heteroatoms. The predicted molar refractivity (Wildman–Crippen MR) is 62.0 cm³/mol. The molecule has 2 rings (SSSR count). The monoisotopic (exact) mass is 291 g/mol. The van der Waals surface area contributed by atoms with Gasteiger partial charge < -0.3 is 9.64 Å². The van der Waals surface area contributed by atoms with Crippen LogP contribution in [0.5, 0.6) is 0 Å². The number of anilines is 1. The Labute approximate surface area is 101 Å². The molecule has 88 valence electrons. The summed E-state index contributed by atoms with van der Waals surface area (Å²) >= 11 is 3.15. The van der Waals surface area contributed by atoms with E-state index in [9.17, 15) is 8.78 Å². The first kappa shape index (κ1) is 11.8. The van der Waals surface area contributed by atoms with E-state index in [2.05, 4.69) is 15.9 Å². The van der Waals surface area contributed by atoms with Gasteiger partial charge in [0.25, 0.3) is 0 Å². The Bertz CT molecular complexity index is 380. The lowest BCUT2D eigenvalue weighted by atomic mass is 10.2. The average Bonchev–Trinajstić information content (AvgIpc) is 2.33. The van der Waals surface area contributed by atoms with Gasteiger partial charge in [0.15, 0.2) is 11.6 Å². The molecule has 0 atom stereocenters. The number of benzene rings is 1. The van der Waals surface area contributed by atoms with Crippen molar-refractivity contribution in [2.24, 2.45) is 0 Å². The van der Waals surface area contributed by atoms with Crippen molar-refractivity contribution in [1.82, 2.24) is 0 Å². The van der Waals surface area contributed by atoms with Crippen LogP contribution >= 0.6 is 15.9 Å². The Balaban J connectivity index is 2.29. The van der Waals surface area contributed by atoms with Crippen LogP contribution in [0, 0.1) is 11.6 Å². The van der Waals surface area contributed by atoms with Gasteiger partial charge in [0.1, 0.15) is 0 Å². The SMILES string of the molecule is Fc1cc(N2CCOCC2)cc(CBr)c1F. The van der Waals surface area contributed by atoms with Crippen molar-refractivity contribution in [2.75, 3.05) is 31.2 Å². The van der Waals surface area contributed by atoms with Gasteiger partial charge in [-0.05, 0) is 6.07 Å². The zero-order chi connectivity index (χ0) is 11.5. The molecule has 0 amide bonds. The minimum Gasteiger partial charge on any atom is -0.378 e. The molecular formula is C11H12BrF2NO. The van der Waals surface area contributed by atoms with Gasteiger partial charge >= 0.3 is 0 Å². The summed E-state index contributed by atoms with van der Waals surface area (Å²) in [6.45, 7) is 2.69. The highest BCUT2D eigenvalue weighted by atomic mass is 79.9. The van der Waals surface area contributed by atoms with Crippen LogP contribution in [0.4, 0.5) is 14.5 Å². The van der Waals surface area contributed by atoms with Crippen LogP contribution in [-0.4, -0.2) is 26.3 Å². The van der Waals surface area contributed by atoms with E-state index >= 15 is 0 Å². The second kappa shape index (κ2) is 5.10. The van der Waals surface area contributed by atoms with Crippen LogP contribution in [0.25, 0.3) is 0 Å². The fraction of sp³-hybridized carbons (Fsp3) is 0.455. The fourth-order valence-corrected chi connectivity index (χ4v) is 2.14. The zero-order valence-electron chi connectivity index (χ0n) is 8.68. The Morgan fingerprint density at radius 3 is 2.56 bits per heavy atom. The minimum absolute atomic E-state index is 0.313. The van der Waals surface area contributed by atoms with E-state index in [1.165, 1.54) is 6.07 Å². The molecule has 1 aromatic rings. The third-order valence-corrected chi connectivity index (χ3v) is 3.21. The van der Waals surface area contributed by atoms with E-state index in [4.69, 9.17) is 4.74 Å². The van der Waals surface area contributed by atoms with Crippen molar-refractivity contribution < 1.29 is 13.5 Å². The van der Waals surface area contributed by atoms with E-state index in [1.807, 2.05) is 4.90 Å². The van der Waals surface area contributed by atoms with Crippen molar-refractivity contribution >= 4 is 21.6 Å². The molecule has 0 unspecified atom stereocenters. The van der Waals surface area contributed by atoms with E-state index in [0.29, 0.717) is 37.2 Å². The molecule has 1 aliphatic heterocycles.